The lowest BCUT2D eigenvalue weighted by Crippen LogP contribution is -2.10. The van der Waals surface area contributed by atoms with E-state index in [0.717, 1.165) is 22.4 Å². The van der Waals surface area contributed by atoms with Gasteiger partial charge >= 0.3 is 5.97 Å². The van der Waals surface area contributed by atoms with Gasteiger partial charge in [0.2, 0.25) is 6.79 Å². The summed E-state index contributed by atoms with van der Waals surface area (Å²) in [6, 6.07) is 20.2. The van der Waals surface area contributed by atoms with Gasteiger partial charge in [-0.25, -0.2) is 14.8 Å². The van der Waals surface area contributed by atoms with Gasteiger partial charge < -0.3 is 24.3 Å². The van der Waals surface area contributed by atoms with E-state index in [0.29, 0.717) is 35.0 Å². The van der Waals surface area contributed by atoms with Crippen LogP contribution in [0, 0.1) is 0 Å². The van der Waals surface area contributed by atoms with Crippen LogP contribution in [0.1, 0.15) is 21.7 Å². The smallest absolute Gasteiger partial charge is 0.338 e. The maximum absolute atomic E-state index is 12.3. The molecule has 1 aliphatic heterocycles. The van der Waals surface area contributed by atoms with E-state index in [1.807, 2.05) is 42.5 Å². The highest BCUT2D eigenvalue weighted by Crippen LogP contribution is 2.33. The van der Waals surface area contributed by atoms with Crippen LogP contribution < -0.4 is 19.5 Å². The Labute approximate surface area is 190 Å². The normalized spacial score (nSPS) is 11.9. The number of hydrogen-bond acceptors (Lipinski definition) is 8. The molecule has 0 saturated carbocycles. The van der Waals surface area contributed by atoms with Gasteiger partial charge in [0, 0.05) is 11.9 Å². The lowest BCUT2D eigenvalue weighted by atomic mass is 10.2. The average molecular weight is 443 g/mol. The molecule has 0 bridgehead atoms. The van der Waals surface area contributed by atoms with Gasteiger partial charge in [0.25, 0.3) is 0 Å². The summed E-state index contributed by atoms with van der Waals surface area (Å²) in [5.41, 5.74) is 2.19. The van der Waals surface area contributed by atoms with Gasteiger partial charge in [-0.2, -0.15) is 0 Å². The molecule has 0 saturated heterocycles. The van der Waals surface area contributed by atoms with E-state index in [1.165, 1.54) is 0 Å². The zero-order chi connectivity index (χ0) is 22.6. The Morgan fingerprint density at radius 3 is 2.70 bits per heavy atom. The number of rotatable bonds is 7. The zero-order valence-electron chi connectivity index (χ0n) is 17.9. The Kier molecular flexibility index (Phi) is 5.63. The monoisotopic (exact) mass is 443 g/mol. The Bertz CT molecular complexity index is 1310. The van der Waals surface area contributed by atoms with Crippen LogP contribution in [0.25, 0.3) is 10.9 Å². The minimum Gasteiger partial charge on any atom is -0.497 e. The molecule has 0 atom stereocenters. The van der Waals surface area contributed by atoms with E-state index in [9.17, 15) is 4.79 Å². The van der Waals surface area contributed by atoms with Crippen molar-refractivity contribution in [2.75, 3.05) is 19.2 Å². The molecule has 0 aliphatic carbocycles. The predicted octanol–water partition coefficient (Wildman–Crippen LogP) is 4.34. The number of esters is 1. The van der Waals surface area contributed by atoms with Gasteiger partial charge in [-0.15, -0.1) is 0 Å². The molecule has 0 spiro atoms. The van der Waals surface area contributed by atoms with Crippen molar-refractivity contribution in [2.24, 2.45) is 0 Å². The van der Waals surface area contributed by atoms with E-state index in [2.05, 4.69) is 15.3 Å². The third kappa shape index (κ3) is 4.50. The number of anilines is 1. The molecule has 1 aliphatic rings. The molecular weight excluding hydrogens is 422 g/mol. The lowest BCUT2D eigenvalue weighted by Gasteiger charge is -2.12. The second-order valence-electron chi connectivity index (χ2n) is 7.35. The minimum absolute atomic E-state index is 0.0472. The van der Waals surface area contributed by atoms with Gasteiger partial charge in [-0.1, -0.05) is 24.3 Å². The maximum Gasteiger partial charge on any atom is 0.338 e. The average Bonchev–Trinajstić information content (AvgIpc) is 3.34. The largest absolute Gasteiger partial charge is 0.497 e. The molecule has 0 amide bonds. The molecule has 8 nitrogen and oxygen atoms in total. The highest BCUT2D eigenvalue weighted by molar-refractivity contribution is 5.91. The Morgan fingerprint density at radius 2 is 1.85 bits per heavy atom. The number of fused-ring (bicyclic) bond motifs is 2. The van der Waals surface area contributed by atoms with Gasteiger partial charge in [0.05, 0.1) is 18.2 Å². The zero-order valence-corrected chi connectivity index (χ0v) is 17.9. The fraction of sp³-hybridized carbons (Fsp3) is 0.160. The number of methoxy groups -OCH3 is 1. The Hall–Kier alpha value is -4.33. The summed E-state index contributed by atoms with van der Waals surface area (Å²) in [6.45, 7) is 0.686. The first-order chi connectivity index (χ1) is 16.2. The standard InChI is InChI=1S/C25H21N3O5/c1-30-18-8-9-20-19(12-18)24(26-13-16-7-10-21-22(11-16)33-15-32-21)28-23(27-20)14-31-25(29)17-5-3-2-4-6-17/h2-12H,13-15H2,1H3,(H,26,27,28). The Morgan fingerprint density at radius 1 is 1.00 bits per heavy atom. The molecule has 1 aromatic heterocycles. The molecule has 2 heterocycles. The summed E-state index contributed by atoms with van der Waals surface area (Å²) >= 11 is 0. The first-order valence-electron chi connectivity index (χ1n) is 10.4. The molecule has 0 unspecified atom stereocenters. The molecule has 4 aromatic rings. The third-order valence-corrected chi connectivity index (χ3v) is 5.19. The fourth-order valence-electron chi connectivity index (χ4n) is 3.51. The van der Waals surface area contributed by atoms with E-state index < -0.39 is 5.97 Å². The van der Waals surface area contributed by atoms with Crippen molar-refractivity contribution in [3.63, 3.8) is 0 Å². The van der Waals surface area contributed by atoms with Crippen molar-refractivity contribution in [2.45, 2.75) is 13.2 Å². The molecule has 0 fully saturated rings. The fourth-order valence-corrected chi connectivity index (χ4v) is 3.51. The molecule has 0 radical (unpaired) electrons. The minimum atomic E-state index is -0.427. The van der Waals surface area contributed by atoms with Crippen LogP contribution in [0.15, 0.2) is 66.7 Å². The van der Waals surface area contributed by atoms with Crippen molar-refractivity contribution in [1.82, 2.24) is 9.97 Å². The quantitative estimate of drug-likeness (QED) is 0.422. The predicted molar refractivity (Wildman–Crippen MR) is 122 cm³/mol. The maximum atomic E-state index is 12.3. The van der Waals surface area contributed by atoms with Gasteiger partial charge in [-0.05, 0) is 48.0 Å². The summed E-state index contributed by atoms with van der Waals surface area (Å²) < 4.78 is 21.6. The molecule has 166 valence electrons. The van der Waals surface area contributed by atoms with E-state index in [1.54, 1.807) is 31.4 Å². The van der Waals surface area contributed by atoms with Crippen LogP contribution in [-0.4, -0.2) is 29.8 Å². The highest BCUT2D eigenvalue weighted by Gasteiger charge is 2.15. The number of carbonyl (C=O) groups excluding carboxylic acids is 1. The number of nitrogens with one attached hydrogen (secondary N) is 1. The lowest BCUT2D eigenvalue weighted by molar-refractivity contribution is 0.0462. The summed E-state index contributed by atoms with van der Waals surface area (Å²) in [5, 5.41) is 4.16. The highest BCUT2D eigenvalue weighted by atomic mass is 16.7. The topological polar surface area (TPSA) is 91.8 Å². The number of aromatic nitrogens is 2. The van der Waals surface area contributed by atoms with Crippen LogP contribution in [0.2, 0.25) is 0 Å². The van der Waals surface area contributed by atoms with E-state index >= 15 is 0 Å². The van der Waals surface area contributed by atoms with Crippen LogP contribution in [-0.2, 0) is 17.9 Å². The van der Waals surface area contributed by atoms with Crippen molar-refractivity contribution >= 4 is 22.7 Å². The molecule has 5 rings (SSSR count). The van der Waals surface area contributed by atoms with Crippen LogP contribution in [0.5, 0.6) is 17.2 Å². The van der Waals surface area contributed by atoms with Crippen molar-refractivity contribution < 1.29 is 23.7 Å². The van der Waals surface area contributed by atoms with Gasteiger partial charge in [0.1, 0.15) is 11.6 Å². The Balaban J connectivity index is 1.39. The number of benzene rings is 3. The summed E-state index contributed by atoms with van der Waals surface area (Å²) in [7, 11) is 1.61. The number of ether oxygens (including phenoxy) is 4. The molecular formula is C25H21N3O5. The summed E-state index contributed by atoms with van der Waals surface area (Å²) in [6.07, 6.45) is 0. The summed E-state index contributed by atoms with van der Waals surface area (Å²) in [5.74, 6) is 2.73. The molecule has 33 heavy (non-hydrogen) atoms. The first kappa shape index (κ1) is 20.6. The molecule has 1 N–H and O–H groups in total. The van der Waals surface area contributed by atoms with Crippen molar-refractivity contribution in [3.05, 3.63) is 83.7 Å². The molecule has 3 aromatic carbocycles. The summed E-state index contributed by atoms with van der Waals surface area (Å²) in [4.78, 5) is 21.5. The third-order valence-electron chi connectivity index (χ3n) is 5.19. The van der Waals surface area contributed by atoms with Crippen LogP contribution >= 0.6 is 0 Å². The molecule has 8 heteroatoms. The van der Waals surface area contributed by atoms with Crippen molar-refractivity contribution in [1.29, 1.82) is 0 Å². The first-order valence-corrected chi connectivity index (χ1v) is 10.4. The second-order valence-corrected chi connectivity index (χ2v) is 7.35. The van der Waals surface area contributed by atoms with E-state index in [4.69, 9.17) is 18.9 Å². The SMILES string of the molecule is COc1ccc2nc(COC(=O)c3ccccc3)nc(NCc3ccc4c(c3)OCO4)c2c1. The van der Waals surface area contributed by atoms with Crippen molar-refractivity contribution in [3.8, 4) is 17.2 Å². The van der Waals surface area contributed by atoms with E-state index in [-0.39, 0.29) is 13.4 Å². The number of hydrogen-bond donors (Lipinski definition) is 1. The van der Waals surface area contributed by atoms with Gasteiger partial charge in [-0.3, -0.25) is 0 Å². The second kappa shape index (κ2) is 9.04. The number of nitrogens with zero attached hydrogens (tertiary/aromatic N) is 2. The van der Waals surface area contributed by atoms with Gasteiger partial charge in [0.15, 0.2) is 23.9 Å². The van der Waals surface area contributed by atoms with Crippen LogP contribution in [0.4, 0.5) is 5.82 Å². The van der Waals surface area contributed by atoms with Crippen LogP contribution in [0.3, 0.4) is 0 Å². The number of carbonyl (C=O) groups is 1.